The fraction of sp³-hybridized carbons (Fsp3) is 0.750. The average Bonchev–Trinajstić information content (AvgIpc) is 2.56. The molecule has 0 spiro atoms. The van der Waals surface area contributed by atoms with Crippen LogP contribution in [0.1, 0.15) is 44.9 Å². The molecule has 5 aliphatic carbocycles. The topological polar surface area (TPSA) is 35.5 Å². The maximum Gasteiger partial charge on any atom is 0.325 e. The minimum atomic E-state index is -3.85. The summed E-state index contributed by atoms with van der Waals surface area (Å²) in [6.07, 6.45) is 8.87. The number of ether oxygens (including phenoxy) is 2. The van der Waals surface area contributed by atoms with Gasteiger partial charge < -0.3 is 9.47 Å². The molecule has 3 nitrogen and oxygen atoms in total. The molecule has 0 N–H and O–H groups in total. The lowest BCUT2D eigenvalue weighted by Crippen LogP contribution is -2.54. The Hall–Kier alpha value is -1.30. The molecule has 144 valence electrons. The van der Waals surface area contributed by atoms with Crippen molar-refractivity contribution in [1.82, 2.24) is 0 Å². The minimum Gasteiger partial charge on any atom is -0.438 e. The molecule has 4 fully saturated rings. The molecule has 0 aromatic carbocycles. The van der Waals surface area contributed by atoms with Crippen LogP contribution in [0.3, 0.4) is 0 Å². The van der Waals surface area contributed by atoms with E-state index in [0.29, 0.717) is 12.7 Å². The second kappa shape index (κ2) is 6.11. The zero-order chi connectivity index (χ0) is 18.6. The van der Waals surface area contributed by atoms with Gasteiger partial charge in [0.05, 0.1) is 6.61 Å². The Bertz CT molecular complexity index is 607. The summed E-state index contributed by atoms with van der Waals surface area (Å²) in [5.41, 5.74) is -2.13. The van der Waals surface area contributed by atoms with Gasteiger partial charge in [0.1, 0.15) is 0 Å². The van der Waals surface area contributed by atoms with E-state index in [4.69, 9.17) is 9.47 Å². The average molecular weight is 370 g/mol. The SMILES string of the molecule is C=CCC1(C(=O)OCOCC23CC4CC(CC(C4)C2)C3)C=C(F)C1(F)F. The van der Waals surface area contributed by atoms with E-state index in [0.717, 1.165) is 37.0 Å². The van der Waals surface area contributed by atoms with Crippen LogP contribution in [0, 0.1) is 28.6 Å². The third-order valence-electron chi connectivity index (χ3n) is 6.91. The van der Waals surface area contributed by atoms with Crippen molar-refractivity contribution in [3.63, 3.8) is 0 Å². The van der Waals surface area contributed by atoms with Gasteiger partial charge in [0.25, 0.3) is 0 Å². The van der Waals surface area contributed by atoms with E-state index in [9.17, 15) is 18.0 Å². The fourth-order valence-corrected chi connectivity index (χ4v) is 6.17. The molecule has 4 saturated carbocycles. The summed E-state index contributed by atoms with van der Waals surface area (Å²) in [6.45, 7) is 3.51. The van der Waals surface area contributed by atoms with Gasteiger partial charge in [-0.2, -0.15) is 8.78 Å². The van der Waals surface area contributed by atoms with Gasteiger partial charge in [-0.3, -0.25) is 4.79 Å². The molecule has 0 heterocycles. The van der Waals surface area contributed by atoms with Crippen molar-refractivity contribution in [3.05, 3.63) is 24.6 Å². The van der Waals surface area contributed by atoms with E-state index in [2.05, 4.69) is 6.58 Å². The summed E-state index contributed by atoms with van der Waals surface area (Å²) in [7, 11) is 0. The Morgan fingerprint density at radius 3 is 2.23 bits per heavy atom. The number of carbonyl (C=O) groups excluding carboxylic acids is 1. The Kier molecular flexibility index (Phi) is 4.25. The second-order valence-corrected chi connectivity index (χ2v) is 8.85. The van der Waals surface area contributed by atoms with Crippen molar-refractivity contribution in [2.75, 3.05) is 13.4 Å². The van der Waals surface area contributed by atoms with Crippen LogP contribution in [0.4, 0.5) is 13.2 Å². The molecule has 0 amide bonds. The molecular weight excluding hydrogens is 345 g/mol. The molecule has 5 rings (SSSR count). The number of allylic oxidation sites excluding steroid dienone is 2. The van der Waals surface area contributed by atoms with E-state index >= 15 is 0 Å². The van der Waals surface area contributed by atoms with Crippen molar-refractivity contribution in [1.29, 1.82) is 0 Å². The van der Waals surface area contributed by atoms with E-state index in [1.807, 2.05) is 0 Å². The first-order valence-electron chi connectivity index (χ1n) is 9.43. The van der Waals surface area contributed by atoms with Crippen LogP contribution in [0.5, 0.6) is 0 Å². The molecule has 1 unspecified atom stereocenters. The molecule has 0 aromatic heterocycles. The van der Waals surface area contributed by atoms with Crippen LogP contribution < -0.4 is 0 Å². The number of alkyl halides is 2. The van der Waals surface area contributed by atoms with Crippen LogP contribution in [0.25, 0.3) is 0 Å². The van der Waals surface area contributed by atoms with Crippen molar-refractivity contribution in [2.24, 2.45) is 28.6 Å². The van der Waals surface area contributed by atoms with Gasteiger partial charge in [-0.25, -0.2) is 4.39 Å². The van der Waals surface area contributed by atoms with Crippen LogP contribution >= 0.6 is 0 Å². The third kappa shape index (κ3) is 2.63. The van der Waals surface area contributed by atoms with Gasteiger partial charge in [-0.1, -0.05) is 6.08 Å². The summed E-state index contributed by atoms with van der Waals surface area (Å²) in [5, 5.41) is 0. The number of halogens is 3. The summed E-state index contributed by atoms with van der Waals surface area (Å²) in [5.74, 6) is -4.25. The van der Waals surface area contributed by atoms with Crippen LogP contribution in [-0.4, -0.2) is 25.3 Å². The van der Waals surface area contributed by atoms with Crippen LogP contribution in [0.2, 0.25) is 0 Å². The lowest BCUT2D eigenvalue weighted by molar-refractivity contribution is -0.196. The number of rotatable bonds is 7. The van der Waals surface area contributed by atoms with Crippen molar-refractivity contribution >= 4 is 5.97 Å². The molecule has 1 atom stereocenters. The number of carbonyl (C=O) groups is 1. The van der Waals surface area contributed by atoms with Gasteiger partial charge >= 0.3 is 11.9 Å². The van der Waals surface area contributed by atoms with Crippen LogP contribution in [-0.2, 0) is 14.3 Å². The lowest BCUT2D eigenvalue weighted by atomic mass is 9.50. The number of esters is 1. The summed E-state index contributed by atoms with van der Waals surface area (Å²) in [6, 6.07) is 0. The molecule has 0 aliphatic heterocycles. The quantitative estimate of drug-likeness (QED) is 0.280. The molecule has 0 saturated heterocycles. The van der Waals surface area contributed by atoms with Crippen molar-refractivity contribution < 1.29 is 27.4 Å². The lowest BCUT2D eigenvalue weighted by Gasteiger charge is -2.56. The summed E-state index contributed by atoms with van der Waals surface area (Å²) < 4.78 is 51.4. The Balaban J connectivity index is 1.31. The third-order valence-corrected chi connectivity index (χ3v) is 6.91. The molecule has 4 bridgehead atoms. The van der Waals surface area contributed by atoms with Gasteiger partial charge in [0.15, 0.2) is 18.0 Å². The number of hydrogen-bond donors (Lipinski definition) is 0. The Morgan fingerprint density at radius 1 is 1.19 bits per heavy atom. The highest BCUT2D eigenvalue weighted by Gasteiger charge is 2.68. The molecule has 5 aliphatic rings. The first-order valence-corrected chi connectivity index (χ1v) is 9.43. The summed E-state index contributed by atoms with van der Waals surface area (Å²) >= 11 is 0. The van der Waals surface area contributed by atoms with Crippen molar-refractivity contribution in [2.45, 2.75) is 50.9 Å². The highest BCUT2D eigenvalue weighted by Crippen LogP contribution is 2.60. The standard InChI is InChI=1S/C20H25F3O3/c1-2-3-19(10-16(21)20(19,22)23)17(24)26-12-25-11-18-7-13-4-14(8-18)6-15(5-13)9-18/h2,10,13-15H,1,3-9,11-12H2. The zero-order valence-electron chi connectivity index (χ0n) is 14.8. The van der Waals surface area contributed by atoms with Gasteiger partial charge in [0.2, 0.25) is 0 Å². The van der Waals surface area contributed by atoms with Gasteiger partial charge in [0, 0.05) is 0 Å². The molecular formula is C20H25F3O3. The van der Waals surface area contributed by atoms with Gasteiger partial charge in [-0.05, 0) is 74.2 Å². The predicted octanol–water partition coefficient (Wildman–Crippen LogP) is 4.78. The smallest absolute Gasteiger partial charge is 0.325 e. The molecule has 0 aromatic rings. The normalized spacial score (nSPS) is 42.1. The predicted molar refractivity (Wildman–Crippen MR) is 88.9 cm³/mol. The maximum atomic E-state index is 13.9. The first kappa shape index (κ1) is 18.1. The number of hydrogen-bond acceptors (Lipinski definition) is 3. The zero-order valence-corrected chi connectivity index (χ0v) is 14.8. The van der Waals surface area contributed by atoms with E-state index in [1.54, 1.807) is 0 Å². The van der Waals surface area contributed by atoms with Gasteiger partial charge in [-0.15, -0.1) is 6.58 Å². The van der Waals surface area contributed by atoms with Crippen molar-refractivity contribution in [3.8, 4) is 0 Å². The Morgan fingerprint density at radius 2 is 1.77 bits per heavy atom. The van der Waals surface area contributed by atoms with Crippen LogP contribution in [0.15, 0.2) is 24.6 Å². The maximum absolute atomic E-state index is 13.9. The monoisotopic (exact) mass is 370 g/mol. The highest BCUT2D eigenvalue weighted by molar-refractivity contribution is 5.84. The Labute approximate surface area is 151 Å². The largest absolute Gasteiger partial charge is 0.438 e. The first-order chi connectivity index (χ1) is 12.3. The second-order valence-electron chi connectivity index (χ2n) is 8.85. The van der Waals surface area contributed by atoms with E-state index in [-0.39, 0.29) is 18.6 Å². The van der Waals surface area contributed by atoms with E-state index in [1.165, 1.54) is 25.3 Å². The molecule has 6 heteroatoms. The fourth-order valence-electron chi connectivity index (χ4n) is 6.17. The highest BCUT2D eigenvalue weighted by atomic mass is 19.3. The minimum absolute atomic E-state index is 0.159. The van der Waals surface area contributed by atoms with E-state index < -0.39 is 23.1 Å². The summed E-state index contributed by atoms with van der Waals surface area (Å²) in [4.78, 5) is 12.2. The molecule has 0 radical (unpaired) electrons. The molecule has 26 heavy (non-hydrogen) atoms.